The van der Waals surface area contributed by atoms with Gasteiger partial charge in [-0.3, -0.25) is 9.59 Å². The van der Waals surface area contributed by atoms with Crippen molar-refractivity contribution in [1.82, 2.24) is 9.88 Å². The van der Waals surface area contributed by atoms with Gasteiger partial charge in [0.25, 0.3) is 5.56 Å². The Morgan fingerprint density at radius 1 is 1.06 bits per heavy atom. The van der Waals surface area contributed by atoms with Crippen LogP contribution in [-0.2, 0) is 24.1 Å². The molecule has 0 spiro atoms. The number of nitrogens with one attached hydrogen (secondary N) is 1. The number of benzene rings is 2. The third kappa shape index (κ3) is 6.03. The summed E-state index contributed by atoms with van der Waals surface area (Å²) in [5, 5.41) is 2.54. The van der Waals surface area contributed by atoms with E-state index in [4.69, 9.17) is 0 Å². The van der Waals surface area contributed by atoms with Gasteiger partial charge in [0.15, 0.2) is 0 Å². The molecule has 1 heterocycles. The highest BCUT2D eigenvalue weighted by Gasteiger charge is 2.36. The first-order valence-electron chi connectivity index (χ1n) is 11.8. The molecular weight excluding hydrogens is 465 g/mol. The average Bonchev–Trinajstić information content (AvgIpc) is 2.85. The van der Waals surface area contributed by atoms with E-state index in [0.717, 1.165) is 35.6 Å². The third-order valence-electron chi connectivity index (χ3n) is 6.19. The van der Waals surface area contributed by atoms with Crippen molar-refractivity contribution in [3.63, 3.8) is 0 Å². The van der Waals surface area contributed by atoms with Crippen molar-refractivity contribution < 1.29 is 18.0 Å². The summed E-state index contributed by atoms with van der Waals surface area (Å²) in [5.74, 6) is -0.415. The maximum Gasteiger partial charge on any atom is 0.417 e. The summed E-state index contributed by atoms with van der Waals surface area (Å²) >= 11 is 0. The lowest BCUT2D eigenvalue weighted by Crippen LogP contribution is -2.34. The van der Waals surface area contributed by atoms with Gasteiger partial charge in [-0.05, 0) is 37.0 Å². The Bertz CT molecular complexity index is 1350. The number of amides is 1. The van der Waals surface area contributed by atoms with E-state index in [1.807, 2.05) is 55.5 Å². The topological polar surface area (TPSA) is 51.1 Å². The SMILES string of the molecule is Cc1ccc(-c2cc(C(F)(F)F)c(CNC(=O)CC3=CC=CCC3)c(=O)n2Cc2ccccc2)cc1. The standard InChI is InChI=1S/C29H27F3N2O2/c1-20-12-14-23(15-13-20)26-17-25(29(30,31)32)24(18-33-27(35)16-21-8-4-2-5-9-21)28(36)34(26)19-22-10-6-3-7-11-22/h2-4,6-8,10-15,17H,5,9,16,18-19H2,1H3,(H,33,35). The molecule has 0 radical (unpaired) electrons. The van der Waals surface area contributed by atoms with Crippen molar-refractivity contribution in [3.8, 4) is 11.3 Å². The Hall–Kier alpha value is -3.87. The predicted octanol–water partition coefficient (Wildman–Crippen LogP) is 6.17. The molecule has 1 N–H and O–H groups in total. The van der Waals surface area contributed by atoms with Crippen molar-refractivity contribution in [3.05, 3.63) is 117 Å². The normalized spacial score (nSPS) is 13.4. The van der Waals surface area contributed by atoms with Gasteiger partial charge in [0, 0.05) is 18.5 Å². The van der Waals surface area contributed by atoms with Gasteiger partial charge in [-0.25, -0.2) is 0 Å². The Morgan fingerprint density at radius 2 is 1.78 bits per heavy atom. The molecule has 0 saturated heterocycles. The number of hydrogen-bond acceptors (Lipinski definition) is 2. The number of carbonyl (C=O) groups excluding carboxylic acids is 1. The number of aryl methyl sites for hydroxylation is 1. The summed E-state index contributed by atoms with van der Waals surface area (Å²) in [6.07, 6.45) is 2.57. The molecule has 36 heavy (non-hydrogen) atoms. The van der Waals surface area contributed by atoms with Crippen LogP contribution in [0.4, 0.5) is 13.2 Å². The molecule has 3 aromatic rings. The monoisotopic (exact) mass is 492 g/mol. The second kappa shape index (κ2) is 10.8. The number of pyridine rings is 1. The summed E-state index contributed by atoms with van der Waals surface area (Å²) in [4.78, 5) is 26.1. The highest BCUT2D eigenvalue weighted by molar-refractivity contribution is 5.78. The first-order valence-corrected chi connectivity index (χ1v) is 11.8. The van der Waals surface area contributed by atoms with Crippen LogP contribution in [0.15, 0.2) is 89.3 Å². The van der Waals surface area contributed by atoms with Crippen molar-refractivity contribution in [1.29, 1.82) is 0 Å². The Morgan fingerprint density at radius 3 is 2.42 bits per heavy atom. The highest BCUT2D eigenvalue weighted by atomic mass is 19.4. The molecule has 4 rings (SSSR count). The number of aromatic nitrogens is 1. The van der Waals surface area contributed by atoms with Gasteiger partial charge in [0.05, 0.1) is 17.8 Å². The van der Waals surface area contributed by atoms with Gasteiger partial charge >= 0.3 is 6.18 Å². The van der Waals surface area contributed by atoms with Crippen LogP contribution in [0.3, 0.4) is 0 Å². The quantitative estimate of drug-likeness (QED) is 0.429. The van der Waals surface area contributed by atoms with Crippen molar-refractivity contribution in [2.24, 2.45) is 0 Å². The number of allylic oxidation sites excluding steroid dienone is 3. The number of rotatable bonds is 7. The lowest BCUT2D eigenvalue weighted by atomic mass is 10.0. The summed E-state index contributed by atoms with van der Waals surface area (Å²) in [5.41, 5.74) is 1.03. The molecule has 186 valence electrons. The molecule has 1 aromatic heterocycles. The zero-order valence-electron chi connectivity index (χ0n) is 19.9. The van der Waals surface area contributed by atoms with Gasteiger partial charge in [-0.1, -0.05) is 84.0 Å². The van der Waals surface area contributed by atoms with E-state index in [0.29, 0.717) is 5.56 Å². The first-order chi connectivity index (χ1) is 17.2. The smallest absolute Gasteiger partial charge is 0.352 e. The minimum absolute atomic E-state index is 0.0886. The molecule has 0 unspecified atom stereocenters. The minimum atomic E-state index is -4.76. The van der Waals surface area contributed by atoms with E-state index in [9.17, 15) is 22.8 Å². The number of halogens is 3. The van der Waals surface area contributed by atoms with E-state index in [-0.39, 0.29) is 18.7 Å². The van der Waals surface area contributed by atoms with E-state index in [2.05, 4.69) is 5.32 Å². The van der Waals surface area contributed by atoms with Crippen molar-refractivity contribution in [2.45, 2.75) is 45.5 Å². The van der Waals surface area contributed by atoms with Crippen LogP contribution in [0, 0.1) is 6.92 Å². The molecule has 0 saturated carbocycles. The zero-order valence-corrected chi connectivity index (χ0v) is 19.9. The van der Waals surface area contributed by atoms with Crippen LogP contribution in [-0.4, -0.2) is 10.5 Å². The Balaban J connectivity index is 1.76. The van der Waals surface area contributed by atoms with Gasteiger partial charge in [-0.15, -0.1) is 0 Å². The fourth-order valence-electron chi connectivity index (χ4n) is 4.25. The van der Waals surface area contributed by atoms with E-state index in [1.165, 1.54) is 4.57 Å². The average molecular weight is 493 g/mol. The molecule has 0 fully saturated rings. The summed E-state index contributed by atoms with van der Waals surface area (Å²) in [6, 6.07) is 17.1. The summed E-state index contributed by atoms with van der Waals surface area (Å²) in [7, 11) is 0. The molecule has 0 atom stereocenters. The van der Waals surface area contributed by atoms with E-state index >= 15 is 0 Å². The van der Waals surface area contributed by atoms with Crippen LogP contribution in [0.5, 0.6) is 0 Å². The molecule has 0 bridgehead atoms. The summed E-state index contributed by atoms with van der Waals surface area (Å²) < 4.78 is 43.9. The van der Waals surface area contributed by atoms with Gasteiger partial charge in [0.1, 0.15) is 0 Å². The number of carbonyl (C=O) groups is 1. The van der Waals surface area contributed by atoms with E-state index in [1.54, 1.807) is 24.3 Å². The van der Waals surface area contributed by atoms with Gasteiger partial charge in [-0.2, -0.15) is 13.2 Å². The van der Waals surface area contributed by atoms with Crippen LogP contribution in [0.25, 0.3) is 11.3 Å². The highest BCUT2D eigenvalue weighted by Crippen LogP contribution is 2.34. The lowest BCUT2D eigenvalue weighted by molar-refractivity contribution is -0.138. The first kappa shape index (κ1) is 25.2. The largest absolute Gasteiger partial charge is 0.417 e. The predicted molar refractivity (Wildman–Crippen MR) is 134 cm³/mol. The van der Waals surface area contributed by atoms with E-state index < -0.39 is 35.3 Å². The Labute approximate surface area is 207 Å². The van der Waals surface area contributed by atoms with Crippen LogP contribution in [0.1, 0.15) is 41.5 Å². The van der Waals surface area contributed by atoms with Gasteiger partial charge in [0.2, 0.25) is 5.91 Å². The molecule has 1 amide bonds. The van der Waals surface area contributed by atoms with Gasteiger partial charge < -0.3 is 9.88 Å². The third-order valence-corrected chi connectivity index (χ3v) is 6.19. The maximum atomic E-state index is 14.2. The van der Waals surface area contributed by atoms with Crippen molar-refractivity contribution >= 4 is 5.91 Å². The fraction of sp³-hybridized carbons (Fsp3) is 0.241. The molecule has 2 aromatic carbocycles. The molecule has 1 aliphatic carbocycles. The molecule has 4 nitrogen and oxygen atoms in total. The van der Waals surface area contributed by atoms with Crippen LogP contribution < -0.4 is 10.9 Å². The minimum Gasteiger partial charge on any atom is -0.352 e. The second-order valence-corrected chi connectivity index (χ2v) is 8.91. The fourth-order valence-corrected chi connectivity index (χ4v) is 4.25. The van der Waals surface area contributed by atoms with Crippen LogP contribution in [0.2, 0.25) is 0 Å². The maximum absolute atomic E-state index is 14.2. The Kier molecular flexibility index (Phi) is 7.58. The summed E-state index contributed by atoms with van der Waals surface area (Å²) in [6.45, 7) is 1.48. The molecule has 7 heteroatoms. The lowest BCUT2D eigenvalue weighted by Gasteiger charge is -2.20. The zero-order chi connectivity index (χ0) is 25.7. The van der Waals surface area contributed by atoms with Crippen LogP contribution >= 0.6 is 0 Å². The van der Waals surface area contributed by atoms with Crippen molar-refractivity contribution in [2.75, 3.05) is 0 Å². The molecule has 1 aliphatic rings. The second-order valence-electron chi connectivity index (χ2n) is 8.91. The molecular formula is C29H27F3N2O2. The number of nitrogens with zero attached hydrogens (tertiary/aromatic N) is 1. The number of alkyl halides is 3. The number of hydrogen-bond donors (Lipinski definition) is 1. The molecule has 0 aliphatic heterocycles.